The zero-order valence-electron chi connectivity index (χ0n) is 10.1. The van der Waals surface area contributed by atoms with Crippen molar-refractivity contribution >= 4 is 15.9 Å². The van der Waals surface area contributed by atoms with Crippen LogP contribution in [0, 0.1) is 5.82 Å². The van der Waals surface area contributed by atoms with Crippen LogP contribution in [0.1, 0.15) is 43.6 Å². The molecule has 0 amide bonds. The molecule has 0 spiro atoms. The third-order valence-electron chi connectivity index (χ3n) is 3.51. The van der Waals surface area contributed by atoms with Crippen molar-refractivity contribution in [1.29, 1.82) is 0 Å². The third kappa shape index (κ3) is 3.01. The van der Waals surface area contributed by atoms with Gasteiger partial charge < -0.3 is 4.74 Å². The van der Waals surface area contributed by atoms with E-state index in [0.29, 0.717) is 16.5 Å². The summed E-state index contributed by atoms with van der Waals surface area (Å²) >= 11 is 3.68. The Morgan fingerprint density at radius 2 is 2.06 bits per heavy atom. The number of ether oxygens (including phenoxy) is 1. The Kier molecular flexibility index (Phi) is 4.43. The monoisotopic (exact) mass is 300 g/mol. The molecule has 0 radical (unpaired) electrons. The van der Waals surface area contributed by atoms with Crippen LogP contribution in [0.25, 0.3) is 0 Å². The minimum atomic E-state index is -0.179. The fourth-order valence-electron chi connectivity index (χ4n) is 2.58. The molecule has 1 aliphatic carbocycles. The molecule has 0 saturated heterocycles. The molecule has 1 aromatic rings. The van der Waals surface area contributed by atoms with E-state index < -0.39 is 0 Å². The quantitative estimate of drug-likeness (QED) is 0.571. The highest BCUT2D eigenvalue weighted by Crippen LogP contribution is 2.37. The predicted molar refractivity (Wildman–Crippen MR) is 71.5 cm³/mol. The van der Waals surface area contributed by atoms with E-state index in [4.69, 9.17) is 4.74 Å². The number of hydrogen-bond donors (Lipinski definition) is 0. The number of rotatable bonds is 2. The van der Waals surface area contributed by atoms with Gasteiger partial charge in [-0.2, -0.15) is 0 Å². The lowest BCUT2D eigenvalue weighted by molar-refractivity contribution is 0.381. The summed E-state index contributed by atoms with van der Waals surface area (Å²) in [6.45, 7) is 0. The molecule has 1 aromatic carbocycles. The van der Waals surface area contributed by atoms with Gasteiger partial charge in [-0.15, -0.1) is 0 Å². The maximum Gasteiger partial charge on any atom is 0.168 e. The first-order chi connectivity index (χ1) is 8.22. The fourth-order valence-corrected chi connectivity index (χ4v) is 3.36. The van der Waals surface area contributed by atoms with Crippen LogP contribution in [-0.4, -0.2) is 11.9 Å². The van der Waals surface area contributed by atoms with E-state index in [-0.39, 0.29) is 5.82 Å². The number of methoxy groups -OCH3 is 1. The molecule has 0 heterocycles. The summed E-state index contributed by atoms with van der Waals surface area (Å²) in [7, 11) is 1.52. The van der Waals surface area contributed by atoms with Gasteiger partial charge in [0.1, 0.15) is 0 Å². The van der Waals surface area contributed by atoms with E-state index >= 15 is 0 Å². The molecule has 1 fully saturated rings. The second kappa shape index (κ2) is 5.85. The standard InChI is InChI=1S/C14H18BrFO/c1-17-13-8-4-7-12(14(13)16)10-5-2-3-6-11(15)9-10/h4,7-8,10-11H,2-3,5-6,9H2,1H3. The predicted octanol–water partition coefficient (Wildman–Crippen LogP) is 4.65. The van der Waals surface area contributed by atoms with Crippen molar-refractivity contribution in [2.75, 3.05) is 7.11 Å². The highest BCUT2D eigenvalue weighted by Gasteiger charge is 2.23. The minimum absolute atomic E-state index is 0.179. The van der Waals surface area contributed by atoms with Crippen LogP contribution in [0.15, 0.2) is 18.2 Å². The van der Waals surface area contributed by atoms with Gasteiger partial charge in [-0.05, 0) is 36.8 Å². The van der Waals surface area contributed by atoms with Gasteiger partial charge >= 0.3 is 0 Å². The van der Waals surface area contributed by atoms with Gasteiger partial charge in [-0.3, -0.25) is 0 Å². The Labute approximate surface area is 110 Å². The number of halogens is 2. The van der Waals surface area contributed by atoms with E-state index in [1.807, 2.05) is 12.1 Å². The number of alkyl halides is 1. The van der Waals surface area contributed by atoms with Crippen molar-refractivity contribution in [3.63, 3.8) is 0 Å². The Morgan fingerprint density at radius 1 is 1.29 bits per heavy atom. The zero-order chi connectivity index (χ0) is 12.3. The number of benzene rings is 1. The van der Waals surface area contributed by atoms with Crippen LogP contribution in [-0.2, 0) is 0 Å². The van der Waals surface area contributed by atoms with Crippen molar-refractivity contribution in [2.45, 2.75) is 42.8 Å². The molecule has 0 bridgehead atoms. The van der Waals surface area contributed by atoms with Gasteiger partial charge in [-0.25, -0.2) is 4.39 Å². The molecule has 2 atom stereocenters. The Balaban J connectivity index is 2.25. The molecule has 94 valence electrons. The first-order valence-electron chi connectivity index (χ1n) is 6.19. The molecule has 17 heavy (non-hydrogen) atoms. The lowest BCUT2D eigenvalue weighted by Gasteiger charge is -2.18. The topological polar surface area (TPSA) is 9.23 Å². The summed E-state index contributed by atoms with van der Waals surface area (Å²) in [6.07, 6.45) is 5.71. The molecule has 0 aromatic heterocycles. The Hall–Kier alpha value is -0.570. The highest BCUT2D eigenvalue weighted by molar-refractivity contribution is 9.09. The van der Waals surface area contributed by atoms with Crippen molar-refractivity contribution in [3.8, 4) is 5.75 Å². The van der Waals surface area contributed by atoms with Gasteiger partial charge in [0.15, 0.2) is 11.6 Å². The van der Waals surface area contributed by atoms with E-state index in [0.717, 1.165) is 18.4 Å². The van der Waals surface area contributed by atoms with Gasteiger partial charge in [0.05, 0.1) is 7.11 Å². The average Bonchev–Trinajstić information content (AvgIpc) is 2.54. The maximum absolute atomic E-state index is 14.2. The minimum Gasteiger partial charge on any atom is -0.494 e. The van der Waals surface area contributed by atoms with Crippen molar-refractivity contribution in [1.82, 2.24) is 0 Å². The first kappa shape index (κ1) is 12.9. The van der Waals surface area contributed by atoms with Crippen LogP contribution in [0.5, 0.6) is 5.75 Å². The average molecular weight is 301 g/mol. The lowest BCUT2D eigenvalue weighted by atomic mass is 9.91. The van der Waals surface area contributed by atoms with Crippen LogP contribution < -0.4 is 4.74 Å². The molecule has 3 heteroatoms. The summed E-state index contributed by atoms with van der Waals surface area (Å²) in [5, 5.41) is 0. The molecule has 1 aliphatic rings. The Morgan fingerprint density at radius 3 is 2.82 bits per heavy atom. The molecular weight excluding hydrogens is 283 g/mol. The van der Waals surface area contributed by atoms with Crippen molar-refractivity contribution in [2.24, 2.45) is 0 Å². The zero-order valence-corrected chi connectivity index (χ0v) is 11.7. The molecule has 2 unspecified atom stereocenters. The largest absolute Gasteiger partial charge is 0.494 e. The van der Waals surface area contributed by atoms with E-state index in [1.54, 1.807) is 6.07 Å². The van der Waals surface area contributed by atoms with E-state index in [2.05, 4.69) is 15.9 Å². The SMILES string of the molecule is COc1cccc(C2CCCCC(Br)C2)c1F. The Bertz CT molecular complexity index is 380. The smallest absolute Gasteiger partial charge is 0.168 e. The van der Waals surface area contributed by atoms with Crippen LogP contribution in [0.2, 0.25) is 0 Å². The third-order valence-corrected chi connectivity index (χ3v) is 4.34. The second-order valence-corrected chi connectivity index (χ2v) is 5.97. The molecule has 1 nitrogen and oxygen atoms in total. The van der Waals surface area contributed by atoms with Gasteiger partial charge in [0.25, 0.3) is 0 Å². The van der Waals surface area contributed by atoms with Gasteiger partial charge in [-0.1, -0.05) is 40.9 Å². The van der Waals surface area contributed by atoms with Crippen LogP contribution >= 0.6 is 15.9 Å². The van der Waals surface area contributed by atoms with Gasteiger partial charge in [0.2, 0.25) is 0 Å². The summed E-state index contributed by atoms with van der Waals surface area (Å²) in [6, 6.07) is 5.46. The van der Waals surface area contributed by atoms with E-state index in [9.17, 15) is 4.39 Å². The summed E-state index contributed by atoms with van der Waals surface area (Å²) < 4.78 is 19.2. The molecule has 0 aliphatic heterocycles. The summed E-state index contributed by atoms with van der Waals surface area (Å²) in [5.41, 5.74) is 0.815. The maximum atomic E-state index is 14.2. The summed E-state index contributed by atoms with van der Waals surface area (Å²) in [4.78, 5) is 0.514. The normalized spacial score (nSPS) is 25.4. The molecule has 1 saturated carbocycles. The first-order valence-corrected chi connectivity index (χ1v) is 7.10. The van der Waals surface area contributed by atoms with Crippen LogP contribution in [0.4, 0.5) is 4.39 Å². The second-order valence-electron chi connectivity index (χ2n) is 4.68. The highest BCUT2D eigenvalue weighted by atomic mass is 79.9. The van der Waals surface area contributed by atoms with Crippen molar-refractivity contribution in [3.05, 3.63) is 29.6 Å². The van der Waals surface area contributed by atoms with E-state index in [1.165, 1.54) is 26.4 Å². The van der Waals surface area contributed by atoms with Gasteiger partial charge in [0, 0.05) is 4.83 Å². The lowest BCUT2D eigenvalue weighted by Crippen LogP contribution is -2.06. The van der Waals surface area contributed by atoms with Crippen LogP contribution in [0.3, 0.4) is 0 Å². The fraction of sp³-hybridized carbons (Fsp3) is 0.571. The summed E-state index contributed by atoms with van der Waals surface area (Å²) in [5.74, 6) is 0.497. The molecular formula is C14H18BrFO. The molecule has 0 N–H and O–H groups in total. The number of hydrogen-bond acceptors (Lipinski definition) is 1. The van der Waals surface area contributed by atoms with Crippen molar-refractivity contribution < 1.29 is 9.13 Å². The molecule has 2 rings (SSSR count).